The summed E-state index contributed by atoms with van der Waals surface area (Å²) < 4.78 is 9.23. The minimum atomic E-state index is -1.02. The Morgan fingerprint density at radius 1 is 1.12 bits per heavy atom. The van der Waals surface area contributed by atoms with Crippen molar-refractivity contribution in [2.24, 2.45) is 5.73 Å². The fourth-order valence-electron chi connectivity index (χ4n) is 0.866. The normalized spacial score (nSPS) is 10.8. The van der Waals surface area contributed by atoms with Crippen molar-refractivity contribution in [3.63, 3.8) is 0 Å². The zero-order valence-electron chi connectivity index (χ0n) is 9.74. The standard InChI is InChI=1S/C10H17NO5/c1-10(2,3)16-8(13)5-4-7(12)9(14)15-6-11/h4-6,11H2,1-3H3. The quantitative estimate of drug-likeness (QED) is 0.410. The first-order valence-corrected chi connectivity index (χ1v) is 4.88. The molecule has 0 atom stereocenters. The second-order valence-electron chi connectivity index (χ2n) is 4.11. The third-order valence-corrected chi connectivity index (χ3v) is 1.42. The predicted octanol–water partition coefficient (Wildman–Crippen LogP) is 0.137. The molecule has 0 aromatic rings. The van der Waals surface area contributed by atoms with Gasteiger partial charge in [0.2, 0.25) is 5.78 Å². The zero-order chi connectivity index (χ0) is 12.8. The minimum Gasteiger partial charge on any atom is -0.460 e. The Bertz CT molecular complexity index is 279. The molecule has 0 aliphatic rings. The summed E-state index contributed by atoms with van der Waals surface area (Å²) in [5.41, 5.74) is 4.32. The highest BCUT2D eigenvalue weighted by Crippen LogP contribution is 2.09. The number of ether oxygens (including phenoxy) is 2. The van der Waals surface area contributed by atoms with E-state index in [-0.39, 0.29) is 19.6 Å². The number of Topliss-reactive ketones (excluding diaryl/α,β-unsaturated/α-hetero) is 1. The summed E-state index contributed by atoms with van der Waals surface area (Å²) in [6.45, 7) is 4.80. The van der Waals surface area contributed by atoms with Crippen LogP contribution in [-0.4, -0.2) is 30.1 Å². The number of carbonyl (C=O) groups excluding carboxylic acids is 3. The number of rotatable bonds is 5. The Balaban J connectivity index is 3.93. The van der Waals surface area contributed by atoms with Crippen LogP contribution in [-0.2, 0) is 23.9 Å². The van der Waals surface area contributed by atoms with Gasteiger partial charge in [-0.05, 0) is 20.8 Å². The van der Waals surface area contributed by atoms with Gasteiger partial charge >= 0.3 is 11.9 Å². The lowest BCUT2D eigenvalue weighted by molar-refractivity contribution is -0.157. The lowest BCUT2D eigenvalue weighted by Crippen LogP contribution is -2.26. The van der Waals surface area contributed by atoms with Crippen molar-refractivity contribution in [2.45, 2.75) is 39.2 Å². The summed E-state index contributed by atoms with van der Waals surface area (Å²) in [7, 11) is 0. The van der Waals surface area contributed by atoms with E-state index in [0.29, 0.717) is 0 Å². The SMILES string of the molecule is CC(C)(C)OC(=O)CCC(=O)C(=O)OCN. The van der Waals surface area contributed by atoms with Gasteiger partial charge in [0.25, 0.3) is 0 Å². The van der Waals surface area contributed by atoms with E-state index in [1.165, 1.54) is 0 Å². The Kier molecular flexibility index (Phi) is 5.66. The van der Waals surface area contributed by atoms with Crippen molar-refractivity contribution in [2.75, 3.05) is 6.73 Å². The summed E-state index contributed by atoms with van der Waals surface area (Å²) in [6, 6.07) is 0. The summed E-state index contributed by atoms with van der Waals surface area (Å²) in [6.07, 6.45) is -0.372. The molecule has 0 unspecified atom stereocenters. The van der Waals surface area contributed by atoms with Gasteiger partial charge in [0, 0.05) is 6.42 Å². The second kappa shape index (κ2) is 6.22. The highest BCUT2D eigenvalue weighted by atomic mass is 16.6. The van der Waals surface area contributed by atoms with Crippen molar-refractivity contribution in [3.8, 4) is 0 Å². The van der Waals surface area contributed by atoms with Crippen LogP contribution >= 0.6 is 0 Å². The molecule has 92 valence electrons. The first kappa shape index (κ1) is 14.6. The number of carbonyl (C=O) groups is 3. The minimum absolute atomic E-state index is 0.143. The molecular weight excluding hydrogens is 214 g/mol. The average molecular weight is 231 g/mol. The van der Waals surface area contributed by atoms with E-state index in [2.05, 4.69) is 4.74 Å². The zero-order valence-corrected chi connectivity index (χ0v) is 9.74. The average Bonchev–Trinajstić information content (AvgIpc) is 2.11. The van der Waals surface area contributed by atoms with Gasteiger partial charge < -0.3 is 9.47 Å². The van der Waals surface area contributed by atoms with E-state index in [9.17, 15) is 14.4 Å². The van der Waals surface area contributed by atoms with Crippen LogP contribution in [0.25, 0.3) is 0 Å². The van der Waals surface area contributed by atoms with Gasteiger partial charge in [-0.1, -0.05) is 0 Å². The van der Waals surface area contributed by atoms with Gasteiger partial charge in [-0.2, -0.15) is 0 Å². The number of hydrogen-bond acceptors (Lipinski definition) is 6. The van der Waals surface area contributed by atoms with E-state index >= 15 is 0 Å². The Hall–Kier alpha value is -1.43. The second-order valence-corrected chi connectivity index (χ2v) is 4.11. The predicted molar refractivity (Wildman–Crippen MR) is 55.2 cm³/mol. The van der Waals surface area contributed by atoms with Crippen LogP contribution < -0.4 is 5.73 Å². The van der Waals surface area contributed by atoms with Crippen LogP contribution in [0.1, 0.15) is 33.6 Å². The highest BCUT2D eigenvalue weighted by molar-refractivity contribution is 6.33. The van der Waals surface area contributed by atoms with Gasteiger partial charge in [-0.3, -0.25) is 15.3 Å². The van der Waals surface area contributed by atoms with Gasteiger partial charge in [-0.25, -0.2) is 4.79 Å². The summed E-state index contributed by atoms with van der Waals surface area (Å²) in [5.74, 6) is -2.33. The molecular formula is C10H17NO5. The maximum atomic E-state index is 11.2. The summed E-state index contributed by atoms with van der Waals surface area (Å²) >= 11 is 0. The molecule has 0 aromatic heterocycles. The van der Waals surface area contributed by atoms with Crippen LogP contribution in [0.5, 0.6) is 0 Å². The number of nitrogens with two attached hydrogens (primary N) is 1. The first-order valence-electron chi connectivity index (χ1n) is 4.88. The molecule has 0 rings (SSSR count). The van der Waals surface area contributed by atoms with Crippen molar-refractivity contribution in [1.29, 1.82) is 0 Å². The topological polar surface area (TPSA) is 95.7 Å². The smallest absolute Gasteiger partial charge is 0.375 e. The van der Waals surface area contributed by atoms with E-state index in [1.807, 2.05) is 0 Å². The molecule has 0 aliphatic heterocycles. The van der Waals surface area contributed by atoms with Gasteiger partial charge in [0.1, 0.15) is 12.3 Å². The van der Waals surface area contributed by atoms with E-state index < -0.39 is 23.3 Å². The number of esters is 2. The molecule has 0 aliphatic carbocycles. The molecule has 0 bridgehead atoms. The van der Waals surface area contributed by atoms with E-state index in [1.54, 1.807) is 20.8 Å². The Morgan fingerprint density at radius 2 is 1.69 bits per heavy atom. The molecule has 16 heavy (non-hydrogen) atoms. The maximum absolute atomic E-state index is 11.2. The van der Waals surface area contributed by atoms with Crippen molar-refractivity contribution in [1.82, 2.24) is 0 Å². The Morgan fingerprint density at radius 3 is 2.12 bits per heavy atom. The van der Waals surface area contributed by atoms with E-state index in [4.69, 9.17) is 10.5 Å². The van der Waals surface area contributed by atoms with E-state index in [0.717, 1.165) is 0 Å². The third-order valence-electron chi connectivity index (χ3n) is 1.42. The maximum Gasteiger partial charge on any atom is 0.375 e. The van der Waals surface area contributed by atoms with Crippen molar-refractivity contribution in [3.05, 3.63) is 0 Å². The molecule has 0 amide bonds. The fourth-order valence-corrected chi connectivity index (χ4v) is 0.866. The van der Waals surface area contributed by atoms with Crippen LogP contribution in [0.4, 0.5) is 0 Å². The molecule has 6 heteroatoms. The van der Waals surface area contributed by atoms with Crippen molar-refractivity contribution < 1.29 is 23.9 Å². The molecule has 0 heterocycles. The summed E-state index contributed by atoms with van der Waals surface area (Å²) in [4.78, 5) is 33.1. The van der Waals surface area contributed by atoms with Crippen LogP contribution in [0.2, 0.25) is 0 Å². The lowest BCUT2D eigenvalue weighted by atomic mass is 10.2. The lowest BCUT2D eigenvalue weighted by Gasteiger charge is -2.19. The summed E-state index contributed by atoms with van der Waals surface area (Å²) in [5, 5.41) is 0. The highest BCUT2D eigenvalue weighted by Gasteiger charge is 2.20. The monoisotopic (exact) mass is 231 g/mol. The first-order chi connectivity index (χ1) is 7.26. The molecule has 0 spiro atoms. The molecule has 0 saturated carbocycles. The van der Waals surface area contributed by atoms with Gasteiger partial charge in [0.05, 0.1) is 6.42 Å². The molecule has 0 fully saturated rings. The van der Waals surface area contributed by atoms with Crippen molar-refractivity contribution >= 4 is 17.7 Å². The van der Waals surface area contributed by atoms with Crippen LogP contribution in [0.15, 0.2) is 0 Å². The van der Waals surface area contributed by atoms with Crippen LogP contribution in [0.3, 0.4) is 0 Å². The van der Waals surface area contributed by atoms with Crippen LogP contribution in [0, 0.1) is 0 Å². The fraction of sp³-hybridized carbons (Fsp3) is 0.700. The van der Waals surface area contributed by atoms with Gasteiger partial charge in [0.15, 0.2) is 0 Å². The molecule has 0 radical (unpaired) electrons. The number of hydrogen-bond donors (Lipinski definition) is 1. The largest absolute Gasteiger partial charge is 0.460 e. The number of ketones is 1. The third kappa shape index (κ3) is 6.94. The Labute approximate surface area is 94.1 Å². The molecule has 2 N–H and O–H groups in total. The molecule has 0 saturated heterocycles. The molecule has 0 aromatic carbocycles. The molecule has 6 nitrogen and oxygen atoms in total. The van der Waals surface area contributed by atoms with Gasteiger partial charge in [-0.15, -0.1) is 0 Å².